The van der Waals surface area contributed by atoms with E-state index >= 15 is 0 Å². The van der Waals surface area contributed by atoms with Gasteiger partial charge in [-0.05, 0) is 61.3 Å². The molecule has 2 heterocycles. The number of carbonyl (C=O) groups is 1. The number of hydrogen-bond donors (Lipinski definition) is 1. The van der Waals surface area contributed by atoms with E-state index in [-0.39, 0.29) is 18.6 Å². The summed E-state index contributed by atoms with van der Waals surface area (Å²) in [4.78, 5) is 14.9. The summed E-state index contributed by atoms with van der Waals surface area (Å²) in [5.41, 5.74) is 2.15. The Bertz CT molecular complexity index is 867. The number of nitrogens with one attached hydrogen (secondary N) is 1. The number of piperidine rings is 1. The van der Waals surface area contributed by atoms with Gasteiger partial charge in [-0.2, -0.15) is 0 Å². The van der Waals surface area contributed by atoms with Crippen LogP contribution in [0, 0.1) is 5.92 Å². The third kappa shape index (κ3) is 4.54. The summed E-state index contributed by atoms with van der Waals surface area (Å²) in [5, 5.41) is 4.21. The minimum Gasteiger partial charge on any atom is -0.454 e. The molecule has 4 rings (SSSR count). The number of benzene rings is 2. The lowest BCUT2D eigenvalue weighted by Crippen LogP contribution is -2.40. The smallest absolute Gasteiger partial charge is 0.231 e. The maximum absolute atomic E-state index is 12.5. The first kappa shape index (κ1) is 19.4. The molecule has 0 aromatic heterocycles. The van der Waals surface area contributed by atoms with Crippen LogP contribution in [0.3, 0.4) is 0 Å². The predicted octanol–water partition coefficient (Wildman–Crippen LogP) is 4.25. The number of fused-ring (bicyclic) bond motifs is 1. The zero-order valence-corrected chi connectivity index (χ0v) is 16.9. The molecular weight excluding hydrogens is 399 g/mol. The molecular formula is C21H22Cl2N2O3. The van der Waals surface area contributed by atoms with Crippen LogP contribution in [-0.4, -0.2) is 30.7 Å². The van der Waals surface area contributed by atoms with Crippen LogP contribution in [0.25, 0.3) is 0 Å². The highest BCUT2D eigenvalue weighted by molar-refractivity contribution is 6.42. The molecule has 1 N–H and O–H groups in total. The summed E-state index contributed by atoms with van der Waals surface area (Å²) in [6.45, 7) is 3.36. The van der Waals surface area contributed by atoms with E-state index in [1.165, 1.54) is 0 Å². The molecule has 2 aromatic rings. The van der Waals surface area contributed by atoms with Crippen LogP contribution < -0.4 is 14.8 Å². The molecule has 2 aliphatic heterocycles. The number of ether oxygens (including phenoxy) is 2. The minimum absolute atomic E-state index is 0.0547. The SMILES string of the molecule is O=C(NCc1ccc2c(c1)OCO2)C1CCN(Cc2ccc(Cl)c(Cl)c2)CC1. The Kier molecular flexibility index (Phi) is 5.95. The Hall–Kier alpha value is -1.95. The summed E-state index contributed by atoms with van der Waals surface area (Å²) in [6, 6.07) is 11.5. The van der Waals surface area contributed by atoms with Crippen LogP contribution in [0.4, 0.5) is 0 Å². The molecule has 0 saturated carbocycles. The molecule has 0 aliphatic carbocycles. The van der Waals surface area contributed by atoms with E-state index < -0.39 is 0 Å². The van der Waals surface area contributed by atoms with Crippen molar-refractivity contribution in [3.05, 3.63) is 57.6 Å². The molecule has 148 valence electrons. The summed E-state index contributed by atoms with van der Waals surface area (Å²) in [7, 11) is 0. The zero-order chi connectivity index (χ0) is 19.5. The normalized spacial score (nSPS) is 16.9. The van der Waals surface area contributed by atoms with E-state index in [0.29, 0.717) is 16.6 Å². The van der Waals surface area contributed by atoms with Crippen LogP contribution in [0.1, 0.15) is 24.0 Å². The average Bonchev–Trinajstić information content (AvgIpc) is 3.17. The lowest BCUT2D eigenvalue weighted by molar-refractivity contribution is -0.126. The Morgan fingerprint density at radius 2 is 1.75 bits per heavy atom. The fraction of sp³-hybridized carbons (Fsp3) is 0.381. The van der Waals surface area contributed by atoms with Crippen molar-refractivity contribution in [3.63, 3.8) is 0 Å². The Labute approximate surface area is 174 Å². The van der Waals surface area contributed by atoms with E-state index in [1.54, 1.807) is 0 Å². The summed E-state index contributed by atoms with van der Waals surface area (Å²) >= 11 is 12.1. The predicted molar refractivity (Wildman–Crippen MR) is 109 cm³/mol. The van der Waals surface area contributed by atoms with Gasteiger partial charge >= 0.3 is 0 Å². The second-order valence-electron chi connectivity index (χ2n) is 7.20. The number of halogens is 2. The lowest BCUT2D eigenvalue weighted by atomic mass is 9.95. The number of hydrogen-bond acceptors (Lipinski definition) is 4. The highest BCUT2D eigenvalue weighted by atomic mass is 35.5. The van der Waals surface area contributed by atoms with Crippen LogP contribution in [0.2, 0.25) is 10.0 Å². The molecule has 0 spiro atoms. The molecule has 1 saturated heterocycles. The van der Waals surface area contributed by atoms with E-state index in [4.69, 9.17) is 32.7 Å². The Morgan fingerprint density at radius 1 is 1.00 bits per heavy atom. The Morgan fingerprint density at radius 3 is 2.54 bits per heavy atom. The maximum Gasteiger partial charge on any atom is 0.231 e. The number of nitrogens with zero attached hydrogens (tertiary/aromatic N) is 1. The van der Waals surface area contributed by atoms with Gasteiger partial charge < -0.3 is 14.8 Å². The van der Waals surface area contributed by atoms with E-state index in [0.717, 1.165) is 55.1 Å². The van der Waals surface area contributed by atoms with Crippen molar-refractivity contribution in [2.75, 3.05) is 19.9 Å². The molecule has 0 atom stereocenters. The monoisotopic (exact) mass is 420 g/mol. The molecule has 2 aliphatic rings. The van der Waals surface area contributed by atoms with Gasteiger partial charge in [0.05, 0.1) is 10.0 Å². The largest absolute Gasteiger partial charge is 0.454 e. The summed E-state index contributed by atoms with van der Waals surface area (Å²) < 4.78 is 10.7. The summed E-state index contributed by atoms with van der Waals surface area (Å²) in [6.07, 6.45) is 1.71. The second-order valence-corrected chi connectivity index (χ2v) is 8.02. The molecule has 1 fully saturated rings. The molecule has 28 heavy (non-hydrogen) atoms. The number of rotatable bonds is 5. The fourth-order valence-electron chi connectivity index (χ4n) is 3.63. The first-order valence-corrected chi connectivity index (χ1v) is 10.2. The quantitative estimate of drug-likeness (QED) is 0.785. The molecule has 0 bridgehead atoms. The van der Waals surface area contributed by atoms with Crippen molar-refractivity contribution in [2.24, 2.45) is 5.92 Å². The first-order chi connectivity index (χ1) is 13.6. The molecule has 0 radical (unpaired) electrons. The van der Waals surface area contributed by atoms with Crippen molar-refractivity contribution in [1.29, 1.82) is 0 Å². The fourth-order valence-corrected chi connectivity index (χ4v) is 3.95. The van der Waals surface area contributed by atoms with Crippen molar-refractivity contribution < 1.29 is 14.3 Å². The molecule has 0 unspecified atom stereocenters. The van der Waals surface area contributed by atoms with Crippen LogP contribution >= 0.6 is 23.2 Å². The van der Waals surface area contributed by atoms with Gasteiger partial charge in [0.15, 0.2) is 11.5 Å². The average molecular weight is 421 g/mol. The van der Waals surface area contributed by atoms with Crippen molar-refractivity contribution in [2.45, 2.75) is 25.9 Å². The maximum atomic E-state index is 12.5. The van der Waals surface area contributed by atoms with Crippen LogP contribution in [0.5, 0.6) is 11.5 Å². The van der Waals surface area contributed by atoms with Gasteiger partial charge in [-0.25, -0.2) is 0 Å². The van der Waals surface area contributed by atoms with Gasteiger partial charge in [-0.1, -0.05) is 35.3 Å². The third-order valence-corrected chi connectivity index (χ3v) is 5.99. The highest BCUT2D eigenvalue weighted by Gasteiger charge is 2.25. The van der Waals surface area contributed by atoms with Gasteiger partial charge in [0, 0.05) is 19.0 Å². The topological polar surface area (TPSA) is 50.8 Å². The van der Waals surface area contributed by atoms with Gasteiger partial charge in [-0.3, -0.25) is 9.69 Å². The van der Waals surface area contributed by atoms with Gasteiger partial charge in [0.25, 0.3) is 0 Å². The Balaban J connectivity index is 1.24. The van der Waals surface area contributed by atoms with Crippen LogP contribution in [-0.2, 0) is 17.9 Å². The standard InChI is InChI=1S/C21H22Cl2N2O3/c22-17-3-1-15(9-18(17)23)12-25-7-5-16(6-8-25)21(26)24-11-14-2-4-19-20(10-14)28-13-27-19/h1-4,9-10,16H,5-8,11-13H2,(H,24,26). The van der Waals surface area contributed by atoms with Crippen molar-refractivity contribution in [3.8, 4) is 11.5 Å². The van der Waals surface area contributed by atoms with Crippen molar-refractivity contribution >= 4 is 29.1 Å². The van der Waals surface area contributed by atoms with Crippen molar-refractivity contribution in [1.82, 2.24) is 10.2 Å². The minimum atomic E-state index is 0.0547. The highest BCUT2D eigenvalue weighted by Crippen LogP contribution is 2.32. The van der Waals surface area contributed by atoms with E-state index in [2.05, 4.69) is 10.2 Å². The van der Waals surface area contributed by atoms with Crippen LogP contribution in [0.15, 0.2) is 36.4 Å². The number of amides is 1. The van der Waals surface area contributed by atoms with E-state index in [1.807, 2.05) is 36.4 Å². The zero-order valence-electron chi connectivity index (χ0n) is 15.4. The van der Waals surface area contributed by atoms with Gasteiger partial charge in [-0.15, -0.1) is 0 Å². The van der Waals surface area contributed by atoms with E-state index in [9.17, 15) is 4.79 Å². The number of likely N-dealkylation sites (tertiary alicyclic amines) is 1. The molecule has 1 amide bonds. The molecule has 7 heteroatoms. The lowest BCUT2D eigenvalue weighted by Gasteiger charge is -2.31. The van der Waals surface area contributed by atoms with Gasteiger partial charge in [0.2, 0.25) is 12.7 Å². The number of carbonyl (C=O) groups excluding carboxylic acids is 1. The molecule has 5 nitrogen and oxygen atoms in total. The van der Waals surface area contributed by atoms with Gasteiger partial charge in [0.1, 0.15) is 0 Å². The third-order valence-electron chi connectivity index (χ3n) is 5.25. The summed E-state index contributed by atoms with van der Waals surface area (Å²) in [5.74, 6) is 1.66. The first-order valence-electron chi connectivity index (χ1n) is 9.41. The molecule has 2 aromatic carbocycles. The second kappa shape index (κ2) is 8.60.